The maximum atomic E-state index is 5.56. The van der Waals surface area contributed by atoms with Crippen LogP contribution in [-0.4, -0.2) is 23.5 Å². The second kappa shape index (κ2) is 3.06. The van der Waals surface area contributed by atoms with E-state index in [0.717, 1.165) is 10.6 Å². The SMILES string of the molecule is Cc1c(N)nsc1NN(C)C. The number of rotatable bonds is 2. The van der Waals surface area contributed by atoms with Crippen LogP contribution in [0.25, 0.3) is 0 Å². The summed E-state index contributed by atoms with van der Waals surface area (Å²) in [6.07, 6.45) is 0. The molecule has 4 nitrogen and oxygen atoms in total. The Bertz CT molecular complexity index is 243. The van der Waals surface area contributed by atoms with Gasteiger partial charge in [-0.15, -0.1) is 0 Å². The van der Waals surface area contributed by atoms with E-state index in [2.05, 4.69) is 9.80 Å². The van der Waals surface area contributed by atoms with E-state index >= 15 is 0 Å². The summed E-state index contributed by atoms with van der Waals surface area (Å²) in [5.74, 6) is 0.611. The van der Waals surface area contributed by atoms with Crippen LogP contribution < -0.4 is 11.2 Å². The first-order valence-corrected chi connectivity index (χ1v) is 4.04. The number of nitrogens with zero attached hydrogens (tertiary/aromatic N) is 2. The Labute approximate surface area is 70.1 Å². The average molecular weight is 172 g/mol. The zero-order valence-corrected chi connectivity index (χ0v) is 7.70. The summed E-state index contributed by atoms with van der Waals surface area (Å²) in [7, 11) is 3.85. The van der Waals surface area contributed by atoms with Gasteiger partial charge in [0.25, 0.3) is 0 Å². The van der Waals surface area contributed by atoms with E-state index in [4.69, 9.17) is 5.73 Å². The van der Waals surface area contributed by atoms with Crippen molar-refractivity contribution in [3.8, 4) is 0 Å². The first kappa shape index (κ1) is 8.29. The van der Waals surface area contributed by atoms with Crippen molar-refractivity contribution in [1.29, 1.82) is 0 Å². The Hall–Kier alpha value is -0.810. The van der Waals surface area contributed by atoms with Crippen molar-refractivity contribution in [3.63, 3.8) is 0 Å². The van der Waals surface area contributed by atoms with Crippen molar-refractivity contribution in [2.24, 2.45) is 0 Å². The molecule has 0 aromatic carbocycles. The zero-order chi connectivity index (χ0) is 8.43. The second-order valence-corrected chi connectivity index (χ2v) is 3.30. The molecule has 11 heavy (non-hydrogen) atoms. The summed E-state index contributed by atoms with van der Waals surface area (Å²) < 4.78 is 4.00. The molecular weight excluding hydrogens is 160 g/mol. The molecule has 1 aromatic heterocycles. The highest BCUT2D eigenvalue weighted by Gasteiger charge is 2.05. The Balaban J connectivity index is 2.79. The molecule has 1 aromatic rings. The molecule has 0 spiro atoms. The highest BCUT2D eigenvalue weighted by molar-refractivity contribution is 7.10. The van der Waals surface area contributed by atoms with Gasteiger partial charge in [0.2, 0.25) is 0 Å². The van der Waals surface area contributed by atoms with E-state index in [-0.39, 0.29) is 0 Å². The van der Waals surface area contributed by atoms with E-state index in [1.54, 1.807) is 0 Å². The van der Waals surface area contributed by atoms with Crippen molar-refractivity contribution in [3.05, 3.63) is 5.56 Å². The van der Waals surface area contributed by atoms with Gasteiger partial charge >= 0.3 is 0 Å². The van der Waals surface area contributed by atoms with Crippen LogP contribution in [0.4, 0.5) is 10.8 Å². The fourth-order valence-corrected chi connectivity index (χ4v) is 1.45. The lowest BCUT2D eigenvalue weighted by Gasteiger charge is -2.11. The third-order valence-electron chi connectivity index (χ3n) is 1.29. The molecule has 0 aliphatic carbocycles. The number of nitrogens with one attached hydrogen (secondary N) is 1. The number of nitrogen functional groups attached to an aromatic ring is 1. The molecule has 0 unspecified atom stereocenters. The zero-order valence-electron chi connectivity index (χ0n) is 6.88. The van der Waals surface area contributed by atoms with Crippen molar-refractivity contribution in [1.82, 2.24) is 9.38 Å². The number of hydrogen-bond donors (Lipinski definition) is 2. The van der Waals surface area contributed by atoms with Gasteiger partial charge in [-0.1, -0.05) is 0 Å². The maximum absolute atomic E-state index is 5.56. The quantitative estimate of drug-likeness (QED) is 0.651. The van der Waals surface area contributed by atoms with E-state index in [9.17, 15) is 0 Å². The predicted octanol–water partition coefficient (Wildman–Crippen LogP) is 0.922. The largest absolute Gasteiger partial charge is 0.383 e. The van der Waals surface area contributed by atoms with Crippen molar-refractivity contribution in [2.75, 3.05) is 25.3 Å². The van der Waals surface area contributed by atoms with Gasteiger partial charge in [0.05, 0.1) is 0 Å². The monoisotopic (exact) mass is 172 g/mol. The number of aromatic nitrogens is 1. The third kappa shape index (κ3) is 1.81. The molecule has 0 saturated heterocycles. The molecule has 62 valence electrons. The standard InChI is InChI=1S/C6H12N4S/c1-4-5(7)9-11-6(4)8-10(2)3/h8H,1-3H3,(H2,7,9). The van der Waals surface area contributed by atoms with Crippen LogP contribution in [0.5, 0.6) is 0 Å². The van der Waals surface area contributed by atoms with Gasteiger partial charge < -0.3 is 11.2 Å². The molecule has 0 bridgehead atoms. The smallest absolute Gasteiger partial charge is 0.142 e. The minimum absolute atomic E-state index is 0.611. The van der Waals surface area contributed by atoms with Crippen LogP contribution in [0.15, 0.2) is 0 Å². The van der Waals surface area contributed by atoms with E-state index in [0.29, 0.717) is 5.82 Å². The Kier molecular flexibility index (Phi) is 2.31. The van der Waals surface area contributed by atoms with Gasteiger partial charge in [-0.2, -0.15) is 4.37 Å². The molecule has 0 aliphatic rings. The number of anilines is 2. The number of hydrogen-bond acceptors (Lipinski definition) is 5. The Morgan fingerprint density at radius 3 is 2.55 bits per heavy atom. The number of nitrogens with two attached hydrogens (primary N) is 1. The number of hydrazine groups is 1. The lowest BCUT2D eigenvalue weighted by atomic mass is 10.4. The van der Waals surface area contributed by atoms with E-state index in [1.165, 1.54) is 11.5 Å². The van der Waals surface area contributed by atoms with E-state index in [1.807, 2.05) is 26.0 Å². The van der Waals surface area contributed by atoms with Gasteiger partial charge in [-0.05, 0) is 18.5 Å². The topological polar surface area (TPSA) is 54.2 Å². The van der Waals surface area contributed by atoms with Gasteiger partial charge in [0.15, 0.2) is 0 Å². The third-order valence-corrected chi connectivity index (χ3v) is 2.15. The first-order chi connectivity index (χ1) is 5.11. The van der Waals surface area contributed by atoms with Crippen molar-refractivity contribution >= 4 is 22.4 Å². The van der Waals surface area contributed by atoms with Gasteiger partial charge in [0, 0.05) is 19.7 Å². The van der Waals surface area contributed by atoms with Crippen molar-refractivity contribution in [2.45, 2.75) is 6.92 Å². The van der Waals surface area contributed by atoms with Crippen molar-refractivity contribution < 1.29 is 0 Å². The second-order valence-electron chi connectivity index (χ2n) is 2.53. The molecular formula is C6H12N4S. The van der Waals surface area contributed by atoms with Crippen LogP contribution in [0, 0.1) is 6.92 Å². The summed E-state index contributed by atoms with van der Waals surface area (Å²) in [4.78, 5) is 0. The molecule has 0 radical (unpaired) electrons. The summed E-state index contributed by atoms with van der Waals surface area (Å²) in [6.45, 7) is 1.95. The molecule has 0 aliphatic heterocycles. The van der Waals surface area contributed by atoms with Gasteiger partial charge in [-0.3, -0.25) is 0 Å². The van der Waals surface area contributed by atoms with Crippen LogP contribution in [0.1, 0.15) is 5.56 Å². The molecule has 0 fully saturated rings. The molecule has 5 heteroatoms. The predicted molar refractivity (Wildman–Crippen MR) is 48.6 cm³/mol. The Morgan fingerprint density at radius 2 is 2.18 bits per heavy atom. The molecule has 1 heterocycles. The summed E-state index contributed by atoms with van der Waals surface area (Å²) in [5, 5.41) is 2.87. The highest BCUT2D eigenvalue weighted by Crippen LogP contribution is 2.24. The minimum atomic E-state index is 0.611. The summed E-state index contributed by atoms with van der Waals surface area (Å²) >= 11 is 1.38. The average Bonchev–Trinajstić information content (AvgIpc) is 2.18. The molecule has 0 saturated carbocycles. The van der Waals surface area contributed by atoms with Crippen LogP contribution in [-0.2, 0) is 0 Å². The molecule has 0 amide bonds. The Morgan fingerprint density at radius 1 is 1.55 bits per heavy atom. The highest BCUT2D eigenvalue weighted by atomic mass is 32.1. The minimum Gasteiger partial charge on any atom is -0.383 e. The van der Waals surface area contributed by atoms with Crippen LogP contribution in [0.3, 0.4) is 0 Å². The fraction of sp³-hybridized carbons (Fsp3) is 0.500. The fourth-order valence-electron chi connectivity index (χ4n) is 0.655. The summed E-state index contributed by atoms with van der Waals surface area (Å²) in [5.41, 5.74) is 9.68. The molecule has 3 N–H and O–H groups in total. The normalized spacial score (nSPS) is 10.5. The van der Waals surface area contributed by atoms with Gasteiger partial charge in [-0.25, -0.2) is 5.01 Å². The van der Waals surface area contributed by atoms with Crippen LogP contribution in [0.2, 0.25) is 0 Å². The molecule has 0 atom stereocenters. The summed E-state index contributed by atoms with van der Waals surface area (Å²) in [6, 6.07) is 0. The lowest BCUT2D eigenvalue weighted by molar-refractivity contribution is 0.497. The molecule has 1 rings (SSSR count). The first-order valence-electron chi connectivity index (χ1n) is 3.27. The van der Waals surface area contributed by atoms with Gasteiger partial charge in [0.1, 0.15) is 10.8 Å². The maximum Gasteiger partial charge on any atom is 0.142 e. The van der Waals surface area contributed by atoms with Crippen LogP contribution >= 0.6 is 11.5 Å². The van der Waals surface area contributed by atoms with E-state index < -0.39 is 0 Å². The lowest BCUT2D eigenvalue weighted by Crippen LogP contribution is -2.19.